The zero-order chi connectivity index (χ0) is 15.1. The predicted octanol–water partition coefficient (Wildman–Crippen LogP) is 1.53. The highest BCUT2D eigenvalue weighted by atomic mass is 32.2. The minimum absolute atomic E-state index is 0.00552. The number of nitrogens with two attached hydrogens (primary N) is 2. The number of hydrogen-bond donors (Lipinski definition) is 2. The topological polar surface area (TPSA) is 104 Å². The van der Waals surface area contributed by atoms with Crippen LogP contribution in [0.25, 0.3) is 11.1 Å². The minimum atomic E-state index is -3.85. The molecule has 0 aliphatic carbocycles. The molecule has 7 heteroatoms. The van der Waals surface area contributed by atoms with Crippen LogP contribution >= 0.6 is 0 Å². The molecular formula is C13H18N4O2S. The third-order valence-corrected chi connectivity index (χ3v) is 3.88. The summed E-state index contributed by atoms with van der Waals surface area (Å²) in [6.07, 6.45) is 3.35. The highest BCUT2D eigenvalue weighted by molar-refractivity contribution is 7.89. The Morgan fingerprint density at radius 2 is 1.90 bits per heavy atom. The Morgan fingerprint density at radius 3 is 2.40 bits per heavy atom. The van der Waals surface area contributed by atoms with Crippen LogP contribution in [-0.2, 0) is 15.6 Å². The molecule has 1 aromatic heterocycles. The van der Waals surface area contributed by atoms with Gasteiger partial charge in [0.1, 0.15) is 0 Å². The fourth-order valence-corrected chi connectivity index (χ4v) is 2.70. The summed E-state index contributed by atoms with van der Waals surface area (Å²) >= 11 is 0. The van der Waals surface area contributed by atoms with E-state index in [4.69, 9.17) is 10.9 Å². The Balaban J connectivity index is 2.67. The molecule has 0 fully saturated rings. The summed E-state index contributed by atoms with van der Waals surface area (Å²) in [5.74, 6) is 0. The lowest BCUT2D eigenvalue weighted by Crippen LogP contribution is -2.21. The van der Waals surface area contributed by atoms with Gasteiger partial charge in [-0.05, 0) is 32.9 Å². The van der Waals surface area contributed by atoms with Crippen LogP contribution in [0.4, 0.5) is 5.69 Å². The van der Waals surface area contributed by atoms with E-state index in [9.17, 15) is 8.42 Å². The van der Waals surface area contributed by atoms with Crippen molar-refractivity contribution in [1.29, 1.82) is 0 Å². The summed E-state index contributed by atoms with van der Waals surface area (Å²) in [7, 11) is -3.85. The van der Waals surface area contributed by atoms with Crippen LogP contribution < -0.4 is 10.9 Å². The van der Waals surface area contributed by atoms with Gasteiger partial charge in [-0.25, -0.2) is 13.6 Å². The lowest BCUT2D eigenvalue weighted by atomic mass is 10.1. The molecule has 0 bridgehead atoms. The molecule has 0 saturated carbocycles. The number of benzene rings is 1. The molecule has 0 spiro atoms. The Morgan fingerprint density at radius 1 is 1.25 bits per heavy atom. The van der Waals surface area contributed by atoms with Crippen LogP contribution in [0.2, 0.25) is 0 Å². The van der Waals surface area contributed by atoms with Gasteiger partial charge in [-0.15, -0.1) is 0 Å². The van der Waals surface area contributed by atoms with Gasteiger partial charge in [-0.1, -0.05) is 6.07 Å². The average Bonchev–Trinajstić information content (AvgIpc) is 2.76. The fourth-order valence-electron chi connectivity index (χ4n) is 1.91. The molecular weight excluding hydrogens is 276 g/mol. The number of nitrogen functional groups attached to an aromatic ring is 1. The highest BCUT2D eigenvalue weighted by Gasteiger charge is 2.21. The predicted molar refractivity (Wildman–Crippen MR) is 78.4 cm³/mol. The van der Waals surface area contributed by atoms with Crippen LogP contribution in [0.15, 0.2) is 35.5 Å². The monoisotopic (exact) mass is 294 g/mol. The maximum absolute atomic E-state index is 11.7. The largest absolute Gasteiger partial charge is 0.398 e. The first-order chi connectivity index (χ1) is 9.10. The van der Waals surface area contributed by atoms with E-state index in [0.717, 1.165) is 0 Å². The van der Waals surface area contributed by atoms with Crippen molar-refractivity contribution in [3.05, 3.63) is 30.6 Å². The number of hydrogen-bond acceptors (Lipinski definition) is 4. The van der Waals surface area contributed by atoms with Gasteiger partial charge in [-0.3, -0.25) is 4.68 Å². The minimum Gasteiger partial charge on any atom is -0.398 e. The summed E-state index contributed by atoms with van der Waals surface area (Å²) in [6, 6.07) is 4.64. The molecule has 2 aromatic rings. The second kappa shape index (κ2) is 4.60. The normalized spacial score (nSPS) is 12.6. The van der Waals surface area contributed by atoms with Gasteiger partial charge in [0.25, 0.3) is 0 Å². The van der Waals surface area contributed by atoms with Crippen molar-refractivity contribution in [2.24, 2.45) is 5.14 Å². The molecule has 2 rings (SSSR count). The molecule has 0 amide bonds. The highest BCUT2D eigenvalue weighted by Crippen LogP contribution is 2.32. The second-order valence-electron chi connectivity index (χ2n) is 5.61. The molecule has 6 nitrogen and oxygen atoms in total. The smallest absolute Gasteiger partial charge is 0.238 e. The second-order valence-corrected chi connectivity index (χ2v) is 7.14. The first-order valence-electron chi connectivity index (χ1n) is 6.07. The maximum atomic E-state index is 11.7. The molecule has 20 heavy (non-hydrogen) atoms. The van der Waals surface area contributed by atoms with Crippen LogP contribution in [0, 0.1) is 0 Å². The van der Waals surface area contributed by atoms with Crippen LogP contribution in [0.1, 0.15) is 20.8 Å². The number of aromatic nitrogens is 2. The van der Waals surface area contributed by atoms with Crippen molar-refractivity contribution in [2.45, 2.75) is 31.2 Å². The van der Waals surface area contributed by atoms with Crippen molar-refractivity contribution in [3.8, 4) is 11.1 Å². The van der Waals surface area contributed by atoms with Crippen molar-refractivity contribution in [1.82, 2.24) is 9.78 Å². The van der Waals surface area contributed by atoms with E-state index >= 15 is 0 Å². The van der Waals surface area contributed by atoms with E-state index in [1.165, 1.54) is 6.07 Å². The van der Waals surface area contributed by atoms with E-state index in [0.29, 0.717) is 16.8 Å². The number of primary sulfonamides is 1. The van der Waals surface area contributed by atoms with Crippen molar-refractivity contribution >= 4 is 15.7 Å². The Labute approximate surface area is 118 Å². The van der Waals surface area contributed by atoms with Gasteiger partial charge in [0.05, 0.1) is 16.6 Å². The third-order valence-electron chi connectivity index (χ3n) is 2.92. The summed E-state index contributed by atoms with van der Waals surface area (Å²) in [6.45, 7) is 6.00. The van der Waals surface area contributed by atoms with Gasteiger partial charge in [-0.2, -0.15) is 5.10 Å². The summed E-state index contributed by atoms with van der Waals surface area (Å²) < 4.78 is 25.1. The molecule has 1 heterocycles. The molecule has 0 atom stereocenters. The van der Waals surface area contributed by atoms with E-state index in [-0.39, 0.29) is 10.4 Å². The quantitative estimate of drug-likeness (QED) is 0.819. The average molecular weight is 294 g/mol. The fraction of sp³-hybridized carbons (Fsp3) is 0.308. The van der Waals surface area contributed by atoms with Crippen molar-refractivity contribution in [3.63, 3.8) is 0 Å². The Hall–Kier alpha value is -1.86. The summed E-state index contributed by atoms with van der Waals surface area (Å²) in [4.78, 5) is 0.00552. The van der Waals surface area contributed by atoms with Gasteiger partial charge >= 0.3 is 0 Å². The maximum Gasteiger partial charge on any atom is 0.238 e. The SMILES string of the molecule is CC(C)(C)n1cc(-c2c(N)cccc2S(N)(=O)=O)cn1. The number of anilines is 1. The molecule has 0 saturated heterocycles. The molecule has 1 aromatic carbocycles. The first kappa shape index (κ1) is 14.5. The third kappa shape index (κ3) is 2.68. The lowest BCUT2D eigenvalue weighted by Gasteiger charge is -2.18. The number of nitrogens with zero attached hydrogens (tertiary/aromatic N) is 2. The Bertz CT molecular complexity index is 742. The lowest BCUT2D eigenvalue weighted by molar-refractivity contribution is 0.355. The Kier molecular flexibility index (Phi) is 3.35. The zero-order valence-electron chi connectivity index (χ0n) is 11.7. The van der Waals surface area contributed by atoms with Gasteiger partial charge in [0.2, 0.25) is 10.0 Å². The van der Waals surface area contributed by atoms with Crippen molar-refractivity contribution in [2.75, 3.05) is 5.73 Å². The molecule has 108 valence electrons. The van der Waals surface area contributed by atoms with Gasteiger partial charge < -0.3 is 5.73 Å². The summed E-state index contributed by atoms with van der Waals surface area (Å²) in [5.41, 5.74) is 7.08. The molecule has 0 unspecified atom stereocenters. The summed E-state index contributed by atoms with van der Waals surface area (Å²) in [5, 5.41) is 9.50. The van der Waals surface area contributed by atoms with Crippen molar-refractivity contribution < 1.29 is 8.42 Å². The number of sulfonamides is 1. The molecule has 0 radical (unpaired) electrons. The number of rotatable bonds is 2. The van der Waals surface area contributed by atoms with Crippen LogP contribution in [0.5, 0.6) is 0 Å². The van der Waals surface area contributed by atoms with E-state index in [2.05, 4.69) is 5.10 Å². The first-order valence-corrected chi connectivity index (χ1v) is 7.62. The van der Waals surface area contributed by atoms with Gasteiger partial charge in [0.15, 0.2) is 0 Å². The molecule has 0 aliphatic heterocycles. The van der Waals surface area contributed by atoms with Crippen LogP contribution in [-0.4, -0.2) is 18.2 Å². The van der Waals surface area contributed by atoms with E-state index in [1.54, 1.807) is 29.2 Å². The standard InChI is InChI=1S/C13H18N4O2S/c1-13(2,3)17-8-9(7-16-17)12-10(14)5-4-6-11(12)20(15,18)19/h4-8H,14H2,1-3H3,(H2,15,18,19). The zero-order valence-corrected chi connectivity index (χ0v) is 12.5. The van der Waals surface area contributed by atoms with E-state index < -0.39 is 10.0 Å². The van der Waals surface area contributed by atoms with Crippen LogP contribution in [0.3, 0.4) is 0 Å². The molecule has 0 aliphatic rings. The van der Waals surface area contributed by atoms with Gasteiger partial charge in [0, 0.05) is 23.0 Å². The van der Waals surface area contributed by atoms with E-state index in [1.807, 2.05) is 20.8 Å². The molecule has 4 N–H and O–H groups in total.